The van der Waals surface area contributed by atoms with Gasteiger partial charge in [-0.05, 0) is 15.9 Å². The molecule has 0 nitrogen and oxygen atoms in total. The van der Waals surface area contributed by atoms with Gasteiger partial charge in [0, 0.05) is 0 Å². The van der Waals surface area contributed by atoms with E-state index in [1.165, 1.54) is 0 Å². The lowest BCUT2D eigenvalue weighted by Gasteiger charge is -2.23. The minimum absolute atomic E-state index is 0.906. The fraction of sp³-hybridized carbons (Fsp3) is 1.00. The van der Waals surface area contributed by atoms with Gasteiger partial charge in [0.15, 0.2) is 0 Å². The minimum Gasteiger partial charge on any atom is -0.211 e. The zero-order chi connectivity index (χ0) is 9.50. The molecule has 0 N–H and O–H groups in total. The average Bonchev–Trinajstić information content (AvgIpc) is 1.58. The Hall–Kier alpha value is -0.0100. The highest BCUT2D eigenvalue weighted by molar-refractivity contribution is 9.10. The molecule has 0 amide bonds. The summed E-state index contributed by atoms with van der Waals surface area (Å²) in [4.78, 5) is 0. The van der Waals surface area contributed by atoms with Crippen molar-refractivity contribution in [2.75, 3.05) is 0 Å². The van der Waals surface area contributed by atoms with Gasteiger partial charge in [0.05, 0.1) is 0 Å². The fourth-order valence-electron chi connectivity index (χ4n) is 0.161. The maximum Gasteiger partial charge on any atom is 0.442 e. The molecule has 8 heteroatoms. The topological polar surface area (TPSA) is 0 Å². The Bertz CT molecular complexity index is 125. The van der Waals surface area contributed by atoms with Gasteiger partial charge in [-0.1, -0.05) is 0 Å². The molecule has 0 bridgehead atoms. The molecule has 0 fully saturated rings. The van der Waals surface area contributed by atoms with Gasteiger partial charge in [-0.25, -0.2) is 4.39 Å². The van der Waals surface area contributed by atoms with E-state index in [1.54, 1.807) is 0 Å². The van der Waals surface area contributed by atoms with Crippen LogP contribution in [0.25, 0.3) is 0 Å². The third kappa shape index (κ3) is 1.97. The second-order valence-corrected chi connectivity index (χ2v) is 2.66. The third-order valence-corrected chi connectivity index (χ3v) is 1.61. The van der Waals surface area contributed by atoms with Crippen LogP contribution in [0.1, 0.15) is 0 Å². The van der Waals surface area contributed by atoms with Crippen molar-refractivity contribution in [1.29, 1.82) is 0 Å². The van der Waals surface area contributed by atoms with Gasteiger partial charge >= 0.3 is 16.9 Å². The number of rotatable bonds is 0. The molecule has 0 heterocycles. The van der Waals surface area contributed by atoms with E-state index in [9.17, 15) is 30.7 Å². The van der Waals surface area contributed by atoms with E-state index in [0.29, 0.717) is 0 Å². The highest BCUT2D eigenvalue weighted by Crippen LogP contribution is 2.50. The normalized spacial score (nSPS) is 15.3. The summed E-state index contributed by atoms with van der Waals surface area (Å²) >= 11 is 0.906. The maximum atomic E-state index is 11.8. The molecule has 0 aliphatic heterocycles. The van der Waals surface area contributed by atoms with Crippen molar-refractivity contribution in [1.82, 2.24) is 0 Å². The van der Waals surface area contributed by atoms with Crippen molar-refractivity contribution >= 4 is 15.9 Å². The van der Waals surface area contributed by atoms with E-state index in [0.717, 1.165) is 15.9 Å². The summed E-state index contributed by atoms with van der Waals surface area (Å²) in [5, 5.41) is 0. The molecule has 11 heavy (non-hydrogen) atoms. The second kappa shape index (κ2) is 2.49. The van der Waals surface area contributed by atoms with Crippen molar-refractivity contribution in [3.05, 3.63) is 0 Å². The molecule has 0 saturated heterocycles. The number of alkyl halides is 8. The van der Waals surface area contributed by atoms with Gasteiger partial charge in [-0.2, -0.15) is 26.3 Å². The third-order valence-electron chi connectivity index (χ3n) is 0.712. The summed E-state index contributed by atoms with van der Waals surface area (Å²) in [6.07, 6.45) is -12.0. The molecule has 0 aromatic carbocycles. The summed E-state index contributed by atoms with van der Waals surface area (Å²) in [5.74, 6) is 0. The van der Waals surface area contributed by atoms with E-state index >= 15 is 0 Å². The van der Waals surface area contributed by atoms with E-state index in [2.05, 4.69) is 0 Å². The van der Waals surface area contributed by atoms with Gasteiger partial charge in [0.25, 0.3) is 0 Å². The van der Waals surface area contributed by atoms with Crippen LogP contribution >= 0.6 is 15.9 Å². The smallest absolute Gasteiger partial charge is 0.211 e. The summed E-state index contributed by atoms with van der Waals surface area (Å²) in [6, 6.07) is 0. The molecule has 0 spiro atoms. The highest BCUT2D eigenvalue weighted by Gasteiger charge is 2.71. The molecule has 0 radical (unpaired) electrons. The summed E-state index contributed by atoms with van der Waals surface area (Å²) in [6.45, 7) is 0. The van der Waals surface area contributed by atoms with Crippen LogP contribution in [-0.4, -0.2) is 16.9 Å². The van der Waals surface area contributed by atoms with Gasteiger partial charge < -0.3 is 0 Å². The number of halogens is 8. The molecular weight excluding hydrogens is 249 g/mol. The Kier molecular flexibility index (Phi) is 2.49. The van der Waals surface area contributed by atoms with E-state index < -0.39 is 16.9 Å². The van der Waals surface area contributed by atoms with Crippen molar-refractivity contribution in [3.8, 4) is 0 Å². The molecule has 68 valence electrons. The van der Waals surface area contributed by atoms with Crippen LogP contribution in [0.3, 0.4) is 0 Å². The average molecular weight is 249 g/mol. The predicted octanol–water partition coefficient (Wildman–Crippen LogP) is 3.17. The Morgan fingerprint density at radius 1 is 0.636 bits per heavy atom. The van der Waals surface area contributed by atoms with E-state index in [1.807, 2.05) is 0 Å². The maximum absolute atomic E-state index is 11.8. The van der Waals surface area contributed by atoms with Crippen LogP contribution in [0.5, 0.6) is 0 Å². The lowest BCUT2D eigenvalue weighted by atomic mass is 10.4. The van der Waals surface area contributed by atoms with Gasteiger partial charge in [-0.3, -0.25) is 0 Å². The van der Waals surface area contributed by atoms with E-state index in [4.69, 9.17) is 0 Å². The Morgan fingerprint density at radius 2 is 0.818 bits per heavy atom. The Labute approximate surface area is 64.5 Å². The van der Waals surface area contributed by atoms with E-state index in [-0.39, 0.29) is 0 Å². The van der Waals surface area contributed by atoms with Crippen LogP contribution in [0.2, 0.25) is 0 Å². The Balaban J connectivity index is 4.75. The number of hydrogen-bond acceptors (Lipinski definition) is 0. The lowest BCUT2D eigenvalue weighted by Crippen LogP contribution is -2.47. The molecule has 0 aliphatic rings. The molecular formula is C3BrF7. The Morgan fingerprint density at radius 3 is 0.818 bits per heavy atom. The number of hydrogen-bond donors (Lipinski definition) is 0. The fourth-order valence-corrected chi connectivity index (χ4v) is 0.161. The monoisotopic (exact) mass is 248 g/mol. The van der Waals surface area contributed by atoms with Crippen LogP contribution < -0.4 is 0 Å². The standard InChI is InChI=1S/C3BrF7/c4-1(5,2(6,7)8)3(9,10)11. The first-order valence-electron chi connectivity index (χ1n) is 2.01. The van der Waals surface area contributed by atoms with Crippen LogP contribution in [-0.2, 0) is 0 Å². The molecule has 0 atom stereocenters. The molecule has 0 aliphatic carbocycles. The summed E-state index contributed by atoms with van der Waals surface area (Å²) in [5.41, 5.74) is 0. The van der Waals surface area contributed by atoms with Crippen LogP contribution in [0, 0.1) is 0 Å². The molecule has 0 aromatic heterocycles. The van der Waals surface area contributed by atoms with Gasteiger partial charge in [-0.15, -0.1) is 0 Å². The first kappa shape index (κ1) is 11.0. The highest BCUT2D eigenvalue weighted by atomic mass is 79.9. The van der Waals surface area contributed by atoms with Gasteiger partial charge in [0.2, 0.25) is 0 Å². The first-order valence-corrected chi connectivity index (χ1v) is 2.80. The molecule has 0 unspecified atom stereocenters. The SMILES string of the molecule is FC(F)(F)C(F)(Br)C(F)(F)F. The zero-order valence-corrected chi connectivity index (χ0v) is 6.11. The summed E-state index contributed by atoms with van der Waals surface area (Å²) < 4.78 is 73.6. The van der Waals surface area contributed by atoms with Gasteiger partial charge in [0.1, 0.15) is 0 Å². The lowest BCUT2D eigenvalue weighted by molar-refractivity contribution is -0.299. The predicted molar refractivity (Wildman–Crippen MR) is 24.9 cm³/mol. The van der Waals surface area contributed by atoms with Crippen molar-refractivity contribution in [3.63, 3.8) is 0 Å². The van der Waals surface area contributed by atoms with Crippen molar-refractivity contribution < 1.29 is 30.7 Å². The first-order chi connectivity index (χ1) is 4.50. The quantitative estimate of drug-likeness (QED) is 0.456. The van der Waals surface area contributed by atoms with Crippen LogP contribution in [0.15, 0.2) is 0 Å². The molecule has 0 saturated carbocycles. The zero-order valence-electron chi connectivity index (χ0n) is 4.52. The second-order valence-electron chi connectivity index (χ2n) is 1.57. The van der Waals surface area contributed by atoms with Crippen molar-refractivity contribution in [2.24, 2.45) is 0 Å². The molecule has 0 rings (SSSR count). The minimum atomic E-state index is -5.99. The van der Waals surface area contributed by atoms with Crippen molar-refractivity contribution in [2.45, 2.75) is 16.9 Å². The summed E-state index contributed by atoms with van der Waals surface area (Å²) in [7, 11) is 0. The van der Waals surface area contributed by atoms with Crippen LogP contribution in [0.4, 0.5) is 30.7 Å². The molecule has 0 aromatic rings. The largest absolute Gasteiger partial charge is 0.442 e.